The average Bonchev–Trinajstić information content (AvgIpc) is 2.96. The van der Waals surface area contributed by atoms with E-state index >= 15 is 0 Å². The summed E-state index contributed by atoms with van der Waals surface area (Å²) in [5.74, 6) is -0.858. The molecule has 1 saturated heterocycles. The summed E-state index contributed by atoms with van der Waals surface area (Å²) in [7, 11) is 1.42. The van der Waals surface area contributed by atoms with Gasteiger partial charge in [-0.3, -0.25) is 19.8 Å². The zero-order valence-corrected chi connectivity index (χ0v) is 11.8. The van der Waals surface area contributed by atoms with E-state index in [1.807, 2.05) is 0 Å². The predicted octanol–water partition coefficient (Wildman–Crippen LogP) is 0.0156. The number of carboxylic acids is 1. The minimum Gasteiger partial charge on any atom is -0.480 e. The Morgan fingerprint density at radius 1 is 1.30 bits per heavy atom. The molecule has 1 heterocycles. The lowest BCUT2D eigenvalue weighted by atomic mass is 9.94. The number of nitrogens with one attached hydrogen (secondary N) is 2. The number of urea groups is 1. The van der Waals surface area contributed by atoms with Crippen LogP contribution in [0.15, 0.2) is 0 Å². The molecule has 1 aliphatic carbocycles. The highest BCUT2D eigenvalue weighted by Crippen LogP contribution is 2.42. The maximum atomic E-state index is 12.0. The molecule has 2 rings (SSSR count). The third kappa shape index (κ3) is 2.63. The van der Waals surface area contributed by atoms with Gasteiger partial charge in [0, 0.05) is 13.6 Å². The molecule has 2 aliphatic rings. The number of carbonyl (C=O) groups excluding carboxylic acids is 2. The number of nitrogens with zero attached hydrogens (tertiary/aromatic N) is 1. The first-order chi connectivity index (χ1) is 9.45. The van der Waals surface area contributed by atoms with Crippen molar-refractivity contribution in [3.63, 3.8) is 0 Å². The van der Waals surface area contributed by atoms with Crippen LogP contribution < -0.4 is 10.6 Å². The summed E-state index contributed by atoms with van der Waals surface area (Å²) in [6.07, 6.45) is 2.99. The van der Waals surface area contributed by atoms with Crippen LogP contribution in [0.25, 0.3) is 0 Å². The third-order valence-electron chi connectivity index (χ3n) is 4.52. The van der Waals surface area contributed by atoms with E-state index in [-0.39, 0.29) is 5.92 Å². The molecule has 20 heavy (non-hydrogen) atoms. The molecular weight excluding hydrogens is 262 g/mol. The van der Waals surface area contributed by atoms with Crippen molar-refractivity contribution in [2.24, 2.45) is 11.8 Å². The number of rotatable bonds is 3. The molecule has 4 unspecified atom stereocenters. The molecule has 0 aromatic carbocycles. The minimum atomic E-state index is -0.876. The zero-order chi connectivity index (χ0) is 14.9. The van der Waals surface area contributed by atoms with Crippen molar-refractivity contribution >= 4 is 17.9 Å². The van der Waals surface area contributed by atoms with Gasteiger partial charge in [-0.2, -0.15) is 0 Å². The van der Waals surface area contributed by atoms with Crippen LogP contribution in [0.1, 0.15) is 26.2 Å². The fraction of sp³-hybridized carbons (Fsp3) is 0.769. The van der Waals surface area contributed by atoms with Gasteiger partial charge in [-0.1, -0.05) is 6.42 Å². The van der Waals surface area contributed by atoms with E-state index in [1.54, 1.807) is 11.8 Å². The Kier molecular flexibility index (Phi) is 4.27. The summed E-state index contributed by atoms with van der Waals surface area (Å²) in [5.41, 5.74) is 0. The Morgan fingerprint density at radius 2 is 2.00 bits per heavy atom. The quantitative estimate of drug-likeness (QED) is 0.678. The number of hydrogen-bond donors (Lipinski definition) is 3. The first kappa shape index (κ1) is 14.8. The van der Waals surface area contributed by atoms with E-state index in [9.17, 15) is 19.5 Å². The van der Waals surface area contributed by atoms with Crippen LogP contribution in [0.2, 0.25) is 0 Å². The topological polar surface area (TPSA) is 98.7 Å². The maximum absolute atomic E-state index is 12.0. The van der Waals surface area contributed by atoms with Gasteiger partial charge >= 0.3 is 12.0 Å². The van der Waals surface area contributed by atoms with Crippen molar-refractivity contribution in [1.82, 2.24) is 15.5 Å². The van der Waals surface area contributed by atoms with Crippen molar-refractivity contribution in [3.05, 3.63) is 0 Å². The number of carboxylic acid groups (broad SMARTS) is 1. The molecule has 112 valence electrons. The lowest BCUT2D eigenvalue weighted by molar-refractivity contribution is -0.145. The second kappa shape index (κ2) is 5.78. The van der Waals surface area contributed by atoms with Crippen LogP contribution in [0.3, 0.4) is 0 Å². The van der Waals surface area contributed by atoms with Gasteiger partial charge in [-0.05, 0) is 31.6 Å². The highest BCUT2D eigenvalue weighted by Gasteiger charge is 2.50. The van der Waals surface area contributed by atoms with E-state index in [1.165, 1.54) is 7.05 Å². The Bertz CT molecular complexity index is 426. The molecule has 2 fully saturated rings. The molecule has 4 atom stereocenters. The highest BCUT2D eigenvalue weighted by molar-refractivity contribution is 5.97. The molecule has 0 bridgehead atoms. The Morgan fingerprint density at radius 3 is 2.60 bits per heavy atom. The largest absolute Gasteiger partial charge is 0.480 e. The fourth-order valence-electron chi connectivity index (χ4n) is 3.49. The molecule has 0 aromatic rings. The number of fused-ring (bicyclic) bond motifs is 1. The summed E-state index contributed by atoms with van der Waals surface area (Å²) in [6, 6.07) is -1.82. The van der Waals surface area contributed by atoms with Gasteiger partial charge in [0.15, 0.2) is 0 Å². The number of carbonyl (C=O) groups is 3. The van der Waals surface area contributed by atoms with Crippen LogP contribution in [0.5, 0.6) is 0 Å². The Balaban J connectivity index is 2.08. The van der Waals surface area contributed by atoms with E-state index in [0.29, 0.717) is 12.5 Å². The molecule has 0 spiro atoms. The van der Waals surface area contributed by atoms with E-state index in [2.05, 4.69) is 10.6 Å². The predicted molar refractivity (Wildman–Crippen MR) is 71.0 cm³/mol. The lowest BCUT2D eigenvalue weighted by Gasteiger charge is -2.29. The molecule has 7 nitrogen and oxygen atoms in total. The molecule has 3 N–H and O–H groups in total. The molecule has 0 radical (unpaired) electrons. The van der Waals surface area contributed by atoms with Gasteiger partial charge in [0.2, 0.25) is 5.91 Å². The van der Waals surface area contributed by atoms with Crippen LogP contribution in [0, 0.1) is 11.8 Å². The number of hydrogen-bond acceptors (Lipinski definition) is 4. The molecular formula is C13H21N3O4. The van der Waals surface area contributed by atoms with Gasteiger partial charge in [0.05, 0.1) is 6.04 Å². The first-order valence-electron chi connectivity index (χ1n) is 6.96. The van der Waals surface area contributed by atoms with Crippen molar-refractivity contribution in [2.75, 3.05) is 13.6 Å². The smallest absolute Gasteiger partial charge is 0.321 e. The first-order valence-corrected chi connectivity index (χ1v) is 6.96. The van der Waals surface area contributed by atoms with Crippen LogP contribution in [0.4, 0.5) is 4.79 Å². The number of imide groups is 1. The lowest BCUT2D eigenvalue weighted by Crippen LogP contribution is -2.53. The van der Waals surface area contributed by atoms with Crippen molar-refractivity contribution < 1.29 is 19.5 Å². The van der Waals surface area contributed by atoms with Crippen molar-refractivity contribution in [2.45, 2.75) is 38.3 Å². The third-order valence-corrected chi connectivity index (χ3v) is 4.52. The molecule has 7 heteroatoms. The highest BCUT2D eigenvalue weighted by atomic mass is 16.4. The van der Waals surface area contributed by atoms with Crippen LogP contribution in [-0.4, -0.2) is 53.6 Å². The van der Waals surface area contributed by atoms with Gasteiger partial charge < -0.3 is 10.4 Å². The van der Waals surface area contributed by atoms with Crippen molar-refractivity contribution in [1.29, 1.82) is 0 Å². The molecule has 0 aromatic heterocycles. The van der Waals surface area contributed by atoms with Gasteiger partial charge in [0.25, 0.3) is 0 Å². The molecule has 3 amide bonds. The molecule has 1 saturated carbocycles. The maximum Gasteiger partial charge on any atom is 0.321 e. The SMILES string of the molecule is CNC(=O)NC(=O)C(C)N1CC2CCCC2C1C(=O)O. The van der Waals surface area contributed by atoms with Crippen LogP contribution in [-0.2, 0) is 9.59 Å². The Labute approximate surface area is 117 Å². The summed E-state index contributed by atoms with van der Waals surface area (Å²) in [5, 5.41) is 14.0. The standard InChI is InChI=1S/C13H21N3O4/c1-7(11(17)15-13(20)14-2)16-6-8-4-3-5-9(8)10(16)12(18)19/h7-10H,3-6H2,1-2H3,(H,18,19)(H2,14,15,17,20). The summed E-state index contributed by atoms with van der Waals surface area (Å²) < 4.78 is 0. The Hall–Kier alpha value is -1.63. The summed E-state index contributed by atoms with van der Waals surface area (Å²) in [4.78, 5) is 36.4. The summed E-state index contributed by atoms with van der Waals surface area (Å²) >= 11 is 0. The van der Waals surface area contributed by atoms with Crippen LogP contribution >= 0.6 is 0 Å². The monoisotopic (exact) mass is 283 g/mol. The van der Waals surface area contributed by atoms with Crippen molar-refractivity contribution in [3.8, 4) is 0 Å². The second-order valence-corrected chi connectivity index (χ2v) is 5.58. The number of amides is 3. The number of aliphatic carboxylic acids is 1. The average molecular weight is 283 g/mol. The van der Waals surface area contributed by atoms with Gasteiger partial charge in [-0.15, -0.1) is 0 Å². The second-order valence-electron chi connectivity index (χ2n) is 5.58. The van der Waals surface area contributed by atoms with Gasteiger partial charge in [-0.25, -0.2) is 4.79 Å². The number of likely N-dealkylation sites (tertiary alicyclic amines) is 1. The van der Waals surface area contributed by atoms with E-state index in [4.69, 9.17) is 0 Å². The summed E-state index contributed by atoms with van der Waals surface area (Å²) in [6.45, 7) is 2.26. The molecule has 1 aliphatic heterocycles. The van der Waals surface area contributed by atoms with Gasteiger partial charge in [0.1, 0.15) is 6.04 Å². The van der Waals surface area contributed by atoms with E-state index in [0.717, 1.165) is 19.3 Å². The minimum absolute atomic E-state index is 0.128. The normalized spacial score (nSPS) is 30.6. The van der Waals surface area contributed by atoms with E-state index < -0.39 is 30.0 Å². The fourth-order valence-corrected chi connectivity index (χ4v) is 3.49. The zero-order valence-electron chi connectivity index (χ0n) is 11.8.